The van der Waals surface area contributed by atoms with Crippen LogP contribution in [-0.4, -0.2) is 0 Å². The summed E-state index contributed by atoms with van der Waals surface area (Å²) in [5.41, 5.74) is 1.46. The average molecular weight is 168 g/mol. The van der Waals surface area contributed by atoms with Crippen LogP contribution in [0.5, 0.6) is 0 Å². The van der Waals surface area contributed by atoms with Crippen LogP contribution in [0.1, 0.15) is 59.3 Å². The summed E-state index contributed by atoms with van der Waals surface area (Å²) in [7, 11) is 0. The van der Waals surface area contributed by atoms with E-state index in [1.165, 1.54) is 44.1 Å². The van der Waals surface area contributed by atoms with Crippen LogP contribution >= 0.6 is 0 Å². The largest absolute Gasteiger partial charge is 0.0999 e. The van der Waals surface area contributed by atoms with Crippen molar-refractivity contribution >= 4 is 0 Å². The number of allylic oxidation sites excluding steroid dienone is 1. The van der Waals surface area contributed by atoms with Crippen LogP contribution in [0.2, 0.25) is 0 Å². The smallest absolute Gasteiger partial charge is 0.0297 e. The Morgan fingerprint density at radius 2 is 1.92 bits per heavy atom. The molecule has 0 saturated heterocycles. The molecule has 0 spiro atoms. The highest BCUT2D eigenvalue weighted by Gasteiger charge is 2.02. The first-order chi connectivity index (χ1) is 5.70. The second kappa shape index (κ2) is 7.39. The van der Waals surface area contributed by atoms with Gasteiger partial charge in [-0.3, -0.25) is 0 Å². The van der Waals surface area contributed by atoms with Crippen LogP contribution in [-0.2, 0) is 0 Å². The Balaban J connectivity index is 3.40. The van der Waals surface area contributed by atoms with Gasteiger partial charge in [0, 0.05) is 0 Å². The van der Waals surface area contributed by atoms with Gasteiger partial charge in [0.15, 0.2) is 0 Å². The average Bonchev–Trinajstić information content (AvgIpc) is 2.01. The minimum absolute atomic E-state index is 0.847. The van der Waals surface area contributed by atoms with E-state index in [1.54, 1.807) is 0 Å². The summed E-state index contributed by atoms with van der Waals surface area (Å²) in [6.07, 6.45) is 7.75. The molecule has 0 aromatic rings. The number of unbranched alkanes of at least 4 members (excludes halogenated alkanes) is 1. The van der Waals surface area contributed by atoms with E-state index >= 15 is 0 Å². The zero-order valence-electron chi connectivity index (χ0n) is 9.03. The van der Waals surface area contributed by atoms with Gasteiger partial charge in [0.25, 0.3) is 0 Å². The lowest BCUT2D eigenvalue weighted by atomic mass is 9.95. The van der Waals surface area contributed by atoms with E-state index in [4.69, 9.17) is 0 Å². The quantitative estimate of drug-likeness (QED) is 0.489. The minimum atomic E-state index is 0.847. The van der Waals surface area contributed by atoms with Crippen LogP contribution in [0.4, 0.5) is 0 Å². The maximum absolute atomic E-state index is 4.11. The standard InChI is InChI=1S/C12H24/c1-5-7-9-12(4)10-11(3)8-6-2/h11H,4-10H2,1-3H3. The van der Waals surface area contributed by atoms with Crippen molar-refractivity contribution in [2.45, 2.75) is 59.3 Å². The Labute approximate surface area is 78.1 Å². The molecule has 12 heavy (non-hydrogen) atoms. The summed E-state index contributed by atoms with van der Waals surface area (Å²) in [6, 6.07) is 0. The van der Waals surface area contributed by atoms with Gasteiger partial charge < -0.3 is 0 Å². The topological polar surface area (TPSA) is 0 Å². The molecule has 0 rings (SSSR count). The van der Waals surface area contributed by atoms with Crippen LogP contribution in [0, 0.1) is 5.92 Å². The van der Waals surface area contributed by atoms with Gasteiger partial charge in [-0.2, -0.15) is 0 Å². The van der Waals surface area contributed by atoms with E-state index in [2.05, 4.69) is 27.4 Å². The van der Waals surface area contributed by atoms with Crippen molar-refractivity contribution in [1.29, 1.82) is 0 Å². The minimum Gasteiger partial charge on any atom is -0.0999 e. The van der Waals surface area contributed by atoms with E-state index < -0.39 is 0 Å². The molecule has 0 aliphatic carbocycles. The molecule has 0 bridgehead atoms. The molecule has 0 fully saturated rings. The summed E-state index contributed by atoms with van der Waals surface area (Å²) in [5.74, 6) is 0.847. The van der Waals surface area contributed by atoms with Crippen LogP contribution in [0.15, 0.2) is 12.2 Å². The number of hydrogen-bond acceptors (Lipinski definition) is 0. The maximum atomic E-state index is 4.11. The van der Waals surface area contributed by atoms with Crippen molar-refractivity contribution in [2.75, 3.05) is 0 Å². The molecule has 0 saturated carbocycles. The molecule has 0 heteroatoms. The van der Waals surface area contributed by atoms with Gasteiger partial charge in [-0.05, 0) is 25.2 Å². The van der Waals surface area contributed by atoms with Crippen molar-refractivity contribution < 1.29 is 0 Å². The highest BCUT2D eigenvalue weighted by Crippen LogP contribution is 2.18. The molecule has 0 aromatic carbocycles. The molecule has 0 heterocycles. The monoisotopic (exact) mass is 168 g/mol. The van der Waals surface area contributed by atoms with Gasteiger partial charge >= 0.3 is 0 Å². The highest BCUT2D eigenvalue weighted by molar-refractivity contribution is 4.94. The predicted octanol–water partition coefficient (Wildman–Crippen LogP) is 4.56. The Kier molecular flexibility index (Phi) is 7.23. The van der Waals surface area contributed by atoms with E-state index in [0.29, 0.717) is 0 Å². The van der Waals surface area contributed by atoms with E-state index in [-0.39, 0.29) is 0 Å². The van der Waals surface area contributed by atoms with Crippen molar-refractivity contribution in [3.05, 3.63) is 12.2 Å². The van der Waals surface area contributed by atoms with Crippen LogP contribution in [0.25, 0.3) is 0 Å². The molecule has 0 aromatic heterocycles. The van der Waals surface area contributed by atoms with Crippen LogP contribution in [0.3, 0.4) is 0 Å². The zero-order chi connectivity index (χ0) is 9.40. The third kappa shape index (κ3) is 6.45. The summed E-state index contributed by atoms with van der Waals surface area (Å²) in [6.45, 7) is 10.9. The summed E-state index contributed by atoms with van der Waals surface area (Å²) >= 11 is 0. The molecule has 72 valence electrons. The molecule has 0 nitrogen and oxygen atoms in total. The summed E-state index contributed by atoms with van der Waals surface area (Å²) < 4.78 is 0. The molecule has 1 atom stereocenters. The van der Waals surface area contributed by atoms with Gasteiger partial charge in [-0.25, -0.2) is 0 Å². The van der Waals surface area contributed by atoms with Gasteiger partial charge in [0.05, 0.1) is 0 Å². The highest BCUT2D eigenvalue weighted by atomic mass is 14.1. The lowest BCUT2D eigenvalue weighted by molar-refractivity contribution is 0.511. The van der Waals surface area contributed by atoms with Crippen molar-refractivity contribution in [3.63, 3.8) is 0 Å². The molecular weight excluding hydrogens is 144 g/mol. The molecule has 0 amide bonds. The van der Waals surface area contributed by atoms with Gasteiger partial charge in [-0.15, -0.1) is 0 Å². The second-order valence-electron chi connectivity index (χ2n) is 3.95. The summed E-state index contributed by atoms with van der Waals surface area (Å²) in [5, 5.41) is 0. The second-order valence-corrected chi connectivity index (χ2v) is 3.95. The fourth-order valence-electron chi connectivity index (χ4n) is 1.62. The maximum Gasteiger partial charge on any atom is -0.0297 e. The van der Waals surface area contributed by atoms with Gasteiger partial charge in [0.2, 0.25) is 0 Å². The SMILES string of the molecule is C=C(CCCC)CC(C)CCC. The first kappa shape index (κ1) is 11.7. The van der Waals surface area contributed by atoms with E-state index in [0.717, 1.165) is 5.92 Å². The summed E-state index contributed by atoms with van der Waals surface area (Å²) in [4.78, 5) is 0. The first-order valence-electron chi connectivity index (χ1n) is 5.37. The Morgan fingerprint density at radius 3 is 2.42 bits per heavy atom. The number of rotatable bonds is 7. The fourth-order valence-corrected chi connectivity index (χ4v) is 1.62. The van der Waals surface area contributed by atoms with Crippen LogP contribution < -0.4 is 0 Å². The fraction of sp³-hybridized carbons (Fsp3) is 0.833. The van der Waals surface area contributed by atoms with E-state index in [1.807, 2.05) is 0 Å². The normalized spacial score (nSPS) is 12.9. The Morgan fingerprint density at radius 1 is 1.25 bits per heavy atom. The first-order valence-corrected chi connectivity index (χ1v) is 5.37. The van der Waals surface area contributed by atoms with Crippen molar-refractivity contribution in [3.8, 4) is 0 Å². The molecule has 0 N–H and O–H groups in total. The van der Waals surface area contributed by atoms with E-state index in [9.17, 15) is 0 Å². The number of hydrogen-bond donors (Lipinski definition) is 0. The lowest BCUT2D eigenvalue weighted by Crippen LogP contribution is -1.95. The third-order valence-electron chi connectivity index (χ3n) is 2.30. The molecule has 0 radical (unpaired) electrons. The molecule has 1 unspecified atom stereocenters. The lowest BCUT2D eigenvalue weighted by Gasteiger charge is -2.11. The third-order valence-corrected chi connectivity index (χ3v) is 2.30. The Hall–Kier alpha value is -0.260. The molecular formula is C12H24. The Bertz CT molecular complexity index is 113. The zero-order valence-corrected chi connectivity index (χ0v) is 9.03. The molecule has 0 aliphatic heterocycles. The van der Waals surface area contributed by atoms with Gasteiger partial charge in [0.1, 0.15) is 0 Å². The van der Waals surface area contributed by atoms with Crippen molar-refractivity contribution in [2.24, 2.45) is 5.92 Å². The van der Waals surface area contributed by atoms with Crippen molar-refractivity contribution in [1.82, 2.24) is 0 Å². The molecule has 0 aliphatic rings. The van der Waals surface area contributed by atoms with Gasteiger partial charge in [-0.1, -0.05) is 52.2 Å². The predicted molar refractivity (Wildman–Crippen MR) is 57.4 cm³/mol.